The van der Waals surface area contributed by atoms with Crippen molar-refractivity contribution in [1.82, 2.24) is 9.80 Å². The van der Waals surface area contributed by atoms with Gasteiger partial charge in [0.15, 0.2) is 0 Å². The number of carboxylic acids is 1. The van der Waals surface area contributed by atoms with Crippen molar-refractivity contribution in [3.05, 3.63) is 35.9 Å². The number of rotatable bonds is 7. The van der Waals surface area contributed by atoms with E-state index >= 15 is 0 Å². The van der Waals surface area contributed by atoms with Gasteiger partial charge in [-0.3, -0.25) is 14.5 Å². The topological polar surface area (TPSA) is 60.9 Å². The number of nitrogens with zero attached hydrogens (tertiary/aromatic N) is 2. The minimum absolute atomic E-state index is 0. The van der Waals surface area contributed by atoms with Crippen molar-refractivity contribution in [3.63, 3.8) is 0 Å². The number of amides is 1. The molecule has 124 valence electrons. The summed E-state index contributed by atoms with van der Waals surface area (Å²) in [6.07, 6.45) is 0. The molecular weight excluding hydrogens is 304 g/mol. The van der Waals surface area contributed by atoms with Crippen LogP contribution in [0.25, 0.3) is 0 Å². The number of carboxylic acid groups (broad SMARTS) is 1. The zero-order valence-electron chi connectivity index (χ0n) is 13.5. The lowest BCUT2D eigenvalue weighted by atomic mass is 10.2. The molecule has 5 nitrogen and oxygen atoms in total. The molecule has 0 aliphatic rings. The molecule has 1 aromatic carbocycles. The van der Waals surface area contributed by atoms with Crippen molar-refractivity contribution in [1.29, 1.82) is 0 Å². The number of likely N-dealkylation sites (N-methyl/N-ethyl adjacent to an activating group) is 1. The summed E-state index contributed by atoms with van der Waals surface area (Å²) in [5.41, 5.74) is 1.06. The van der Waals surface area contributed by atoms with Gasteiger partial charge in [0.05, 0.1) is 6.54 Å². The van der Waals surface area contributed by atoms with E-state index in [9.17, 15) is 9.59 Å². The molecule has 0 bridgehead atoms. The highest BCUT2D eigenvalue weighted by Gasteiger charge is 2.23. The molecule has 1 amide bonds. The smallest absolute Gasteiger partial charge is 0.320 e. The lowest BCUT2D eigenvalue weighted by Crippen LogP contribution is -2.46. The number of hydrogen-bond acceptors (Lipinski definition) is 3. The van der Waals surface area contributed by atoms with E-state index in [1.54, 1.807) is 23.8 Å². The van der Waals surface area contributed by atoms with Crippen LogP contribution in [-0.2, 0) is 16.1 Å². The monoisotopic (exact) mass is 328 g/mol. The Balaban J connectivity index is 0.00000441. The Bertz CT molecular complexity index is 480. The van der Waals surface area contributed by atoms with Gasteiger partial charge < -0.3 is 10.0 Å². The Morgan fingerprint density at radius 3 is 2.14 bits per heavy atom. The van der Waals surface area contributed by atoms with Crippen LogP contribution in [0.3, 0.4) is 0 Å². The van der Waals surface area contributed by atoms with Gasteiger partial charge in [-0.25, -0.2) is 0 Å². The highest BCUT2D eigenvalue weighted by atomic mass is 35.5. The second-order valence-corrected chi connectivity index (χ2v) is 5.53. The fraction of sp³-hybridized carbons (Fsp3) is 0.500. The van der Waals surface area contributed by atoms with Crippen molar-refractivity contribution in [3.8, 4) is 0 Å². The summed E-state index contributed by atoms with van der Waals surface area (Å²) < 4.78 is 0. The van der Waals surface area contributed by atoms with Crippen LogP contribution in [0.2, 0.25) is 0 Å². The van der Waals surface area contributed by atoms with Crippen LogP contribution >= 0.6 is 12.4 Å². The summed E-state index contributed by atoms with van der Waals surface area (Å²) >= 11 is 0. The molecule has 0 aromatic heterocycles. The van der Waals surface area contributed by atoms with Gasteiger partial charge in [0.25, 0.3) is 0 Å². The normalized spacial score (nSPS) is 11.9. The molecule has 0 saturated heterocycles. The molecule has 1 rings (SSSR count). The summed E-state index contributed by atoms with van der Waals surface area (Å²) in [7, 11) is 1.65. The standard InChI is InChI=1S/C16H24N2O3.ClH/c1-12(2)18(10-14-8-6-5-7-9-14)15(19)11-17(4)13(3)16(20)21;/h5-9,12-13H,10-11H2,1-4H3,(H,20,21);1H. The molecule has 0 heterocycles. The quantitative estimate of drug-likeness (QED) is 0.834. The van der Waals surface area contributed by atoms with Crippen molar-refractivity contribution in [2.75, 3.05) is 13.6 Å². The summed E-state index contributed by atoms with van der Waals surface area (Å²) in [6.45, 7) is 6.13. The van der Waals surface area contributed by atoms with Gasteiger partial charge in [0, 0.05) is 12.6 Å². The molecule has 0 fully saturated rings. The van der Waals surface area contributed by atoms with Gasteiger partial charge >= 0.3 is 5.97 Å². The Morgan fingerprint density at radius 2 is 1.68 bits per heavy atom. The first-order chi connectivity index (χ1) is 9.82. The number of hydrogen-bond donors (Lipinski definition) is 1. The maximum absolute atomic E-state index is 12.4. The number of benzene rings is 1. The molecule has 0 saturated carbocycles. The zero-order chi connectivity index (χ0) is 16.0. The number of carbonyl (C=O) groups excluding carboxylic acids is 1. The first-order valence-electron chi connectivity index (χ1n) is 7.09. The van der Waals surface area contributed by atoms with Crippen molar-refractivity contribution < 1.29 is 14.7 Å². The molecule has 1 atom stereocenters. The summed E-state index contributed by atoms with van der Waals surface area (Å²) in [4.78, 5) is 26.7. The molecule has 0 aliphatic carbocycles. The SMILES string of the molecule is CC(C(=O)O)N(C)CC(=O)N(Cc1ccccc1)C(C)C.Cl. The Kier molecular flexibility index (Phi) is 8.75. The first kappa shape index (κ1) is 20.4. The van der Waals surface area contributed by atoms with E-state index in [1.165, 1.54) is 0 Å². The Hall–Kier alpha value is -1.59. The third-order valence-corrected chi connectivity index (χ3v) is 3.54. The van der Waals surface area contributed by atoms with E-state index in [2.05, 4.69) is 0 Å². The van der Waals surface area contributed by atoms with E-state index in [1.807, 2.05) is 44.2 Å². The van der Waals surface area contributed by atoms with Gasteiger partial charge in [-0.2, -0.15) is 0 Å². The van der Waals surface area contributed by atoms with Crippen LogP contribution in [0.5, 0.6) is 0 Å². The largest absolute Gasteiger partial charge is 0.480 e. The fourth-order valence-electron chi connectivity index (χ4n) is 1.97. The minimum atomic E-state index is -0.926. The molecule has 6 heteroatoms. The molecular formula is C16H25ClN2O3. The van der Waals surface area contributed by atoms with Gasteiger partial charge in [-0.1, -0.05) is 30.3 Å². The van der Waals surface area contributed by atoms with Gasteiger partial charge in [-0.15, -0.1) is 12.4 Å². The minimum Gasteiger partial charge on any atom is -0.480 e. The van der Waals surface area contributed by atoms with Crippen LogP contribution in [0.4, 0.5) is 0 Å². The van der Waals surface area contributed by atoms with Crippen molar-refractivity contribution in [2.45, 2.75) is 39.4 Å². The van der Waals surface area contributed by atoms with Gasteiger partial charge in [-0.05, 0) is 33.4 Å². The third-order valence-electron chi connectivity index (χ3n) is 3.54. The van der Waals surface area contributed by atoms with Crippen LogP contribution in [0.1, 0.15) is 26.3 Å². The molecule has 0 radical (unpaired) electrons. The van der Waals surface area contributed by atoms with E-state index in [0.29, 0.717) is 6.54 Å². The predicted molar refractivity (Wildman–Crippen MR) is 89.1 cm³/mol. The van der Waals surface area contributed by atoms with Crippen LogP contribution in [0.15, 0.2) is 30.3 Å². The average molecular weight is 329 g/mol. The van der Waals surface area contributed by atoms with Gasteiger partial charge in [0.1, 0.15) is 6.04 Å². The van der Waals surface area contributed by atoms with E-state index < -0.39 is 12.0 Å². The molecule has 1 aromatic rings. The van der Waals surface area contributed by atoms with E-state index in [0.717, 1.165) is 5.56 Å². The van der Waals surface area contributed by atoms with E-state index in [-0.39, 0.29) is 30.9 Å². The van der Waals surface area contributed by atoms with Crippen molar-refractivity contribution in [2.24, 2.45) is 0 Å². The summed E-state index contributed by atoms with van der Waals surface area (Å²) in [6, 6.07) is 9.16. The average Bonchev–Trinajstić information content (AvgIpc) is 2.44. The lowest BCUT2D eigenvalue weighted by Gasteiger charge is -2.30. The molecule has 1 N–H and O–H groups in total. The Morgan fingerprint density at radius 1 is 1.14 bits per heavy atom. The molecule has 22 heavy (non-hydrogen) atoms. The maximum Gasteiger partial charge on any atom is 0.320 e. The number of halogens is 1. The number of aliphatic carboxylic acids is 1. The second-order valence-electron chi connectivity index (χ2n) is 5.53. The fourth-order valence-corrected chi connectivity index (χ4v) is 1.97. The first-order valence-corrected chi connectivity index (χ1v) is 7.09. The Labute approximate surface area is 138 Å². The molecule has 0 aliphatic heterocycles. The number of carbonyl (C=O) groups is 2. The van der Waals surface area contributed by atoms with E-state index in [4.69, 9.17) is 5.11 Å². The van der Waals surface area contributed by atoms with Gasteiger partial charge in [0.2, 0.25) is 5.91 Å². The zero-order valence-corrected chi connectivity index (χ0v) is 14.3. The maximum atomic E-state index is 12.4. The van der Waals surface area contributed by atoms with Crippen LogP contribution in [0, 0.1) is 0 Å². The highest BCUT2D eigenvalue weighted by Crippen LogP contribution is 2.09. The third kappa shape index (κ3) is 6.03. The summed E-state index contributed by atoms with van der Waals surface area (Å²) in [5, 5.41) is 8.98. The second kappa shape index (κ2) is 9.43. The van der Waals surface area contributed by atoms with Crippen LogP contribution < -0.4 is 0 Å². The molecule has 1 unspecified atom stereocenters. The predicted octanol–water partition coefficient (Wildman–Crippen LogP) is 2.25. The lowest BCUT2D eigenvalue weighted by molar-refractivity contribution is -0.143. The van der Waals surface area contributed by atoms with Crippen LogP contribution in [-0.4, -0.2) is 52.5 Å². The summed E-state index contributed by atoms with van der Waals surface area (Å²) in [5.74, 6) is -0.992. The van der Waals surface area contributed by atoms with Crippen molar-refractivity contribution >= 4 is 24.3 Å². The highest BCUT2D eigenvalue weighted by molar-refractivity contribution is 5.85. The molecule has 0 spiro atoms.